The predicted octanol–water partition coefficient (Wildman–Crippen LogP) is 1.22. The Labute approximate surface area is 133 Å². The molecule has 0 atom stereocenters. The van der Waals surface area contributed by atoms with E-state index >= 15 is 0 Å². The first-order chi connectivity index (χ1) is 6.41. The topological polar surface area (TPSA) is 17.1 Å². The van der Waals surface area contributed by atoms with E-state index in [0.29, 0.717) is 0 Å². The number of rotatable bonds is 10. The Morgan fingerprint density at radius 3 is 1.71 bits per heavy atom. The largest absolute Gasteiger partial charge is 1.00 e. The van der Waals surface area contributed by atoms with Crippen molar-refractivity contribution >= 4 is 6.29 Å². The van der Waals surface area contributed by atoms with Crippen molar-refractivity contribution < 1.29 is 57.6 Å². The summed E-state index contributed by atoms with van der Waals surface area (Å²) in [6.07, 6.45) is 13.7. The minimum absolute atomic E-state index is 0. The summed E-state index contributed by atoms with van der Waals surface area (Å²) < 4.78 is 0. The van der Waals surface area contributed by atoms with Gasteiger partial charge in [0.15, 0.2) is 0 Å². The van der Waals surface area contributed by atoms with Crippen LogP contribution in [0.4, 0.5) is 0 Å². The van der Waals surface area contributed by atoms with E-state index < -0.39 is 0 Å². The van der Waals surface area contributed by atoms with Crippen LogP contribution in [0.5, 0.6) is 0 Å². The van der Waals surface area contributed by atoms with E-state index in [1.807, 2.05) is 0 Å². The van der Waals surface area contributed by atoms with Gasteiger partial charge in [-0.25, -0.2) is 0 Å². The van der Waals surface area contributed by atoms with Crippen LogP contribution in [-0.2, 0) is 4.79 Å². The fourth-order valence-corrected chi connectivity index (χ4v) is 1.54. The molecule has 0 bridgehead atoms. The van der Waals surface area contributed by atoms with Gasteiger partial charge in [-0.3, -0.25) is 0 Å². The molecular formula is C12H25KO. The first-order valence-corrected chi connectivity index (χ1v) is 5.85. The van der Waals surface area contributed by atoms with Crippen LogP contribution in [0.3, 0.4) is 0 Å². The summed E-state index contributed by atoms with van der Waals surface area (Å²) in [4.78, 5) is 10.0. The van der Waals surface area contributed by atoms with E-state index in [1.54, 1.807) is 0 Å². The van der Waals surface area contributed by atoms with Gasteiger partial charge in [0.2, 0.25) is 0 Å². The van der Waals surface area contributed by atoms with Crippen molar-refractivity contribution in [2.45, 2.75) is 71.1 Å². The van der Waals surface area contributed by atoms with E-state index in [2.05, 4.69) is 6.92 Å². The van der Waals surface area contributed by atoms with Gasteiger partial charge in [0.05, 0.1) is 0 Å². The molecule has 0 aliphatic carbocycles. The molecule has 0 heterocycles. The molecule has 0 aromatic heterocycles. The molecule has 0 rings (SSSR count). The molecule has 0 saturated heterocycles. The minimum Gasteiger partial charge on any atom is -1.00 e. The Morgan fingerprint density at radius 1 is 0.857 bits per heavy atom. The maximum Gasteiger partial charge on any atom is 1.00 e. The summed E-state index contributed by atoms with van der Waals surface area (Å²) in [6.45, 7) is 2.25. The van der Waals surface area contributed by atoms with Crippen molar-refractivity contribution in [1.29, 1.82) is 0 Å². The van der Waals surface area contributed by atoms with Gasteiger partial charge in [-0.1, -0.05) is 58.3 Å². The summed E-state index contributed by atoms with van der Waals surface area (Å²) in [7, 11) is 0. The zero-order valence-corrected chi connectivity index (χ0v) is 13.2. The molecule has 0 saturated carbocycles. The van der Waals surface area contributed by atoms with Crippen LogP contribution in [-0.4, -0.2) is 6.29 Å². The second kappa shape index (κ2) is 16.7. The van der Waals surface area contributed by atoms with Crippen LogP contribution in [0, 0.1) is 0 Å². The summed E-state index contributed by atoms with van der Waals surface area (Å²) in [5.41, 5.74) is 0. The van der Waals surface area contributed by atoms with Crippen molar-refractivity contribution in [3.8, 4) is 0 Å². The van der Waals surface area contributed by atoms with Gasteiger partial charge < -0.3 is 6.22 Å². The fraction of sp³-hybridized carbons (Fsp3) is 0.917. The Hall–Kier alpha value is 1.31. The first kappa shape index (κ1) is 17.7. The third kappa shape index (κ3) is 15.8. The summed E-state index contributed by atoms with van der Waals surface area (Å²) in [6, 6.07) is 0. The molecule has 0 unspecified atom stereocenters. The number of carbonyl (C=O) groups is 1. The normalized spacial score (nSPS) is 9.50. The predicted molar refractivity (Wildman–Crippen MR) is 59.0 cm³/mol. The fourth-order valence-electron chi connectivity index (χ4n) is 1.54. The molecule has 0 radical (unpaired) electrons. The van der Waals surface area contributed by atoms with Crippen LogP contribution in [0.1, 0.15) is 72.6 Å². The Kier molecular flexibility index (Phi) is 21.1. The maximum absolute atomic E-state index is 10.0. The zero-order valence-electron chi connectivity index (χ0n) is 11.1. The molecule has 0 spiro atoms. The molecule has 0 fully saturated rings. The van der Waals surface area contributed by atoms with E-state index in [-0.39, 0.29) is 52.8 Å². The van der Waals surface area contributed by atoms with Crippen LogP contribution < -0.4 is 51.4 Å². The number of carbonyl (C=O) groups excluding carboxylic acids is 1. The quantitative estimate of drug-likeness (QED) is 0.310. The molecule has 14 heavy (non-hydrogen) atoms. The number of aldehydes is 1. The van der Waals surface area contributed by atoms with Crippen LogP contribution in [0.25, 0.3) is 0 Å². The summed E-state index contributed by atoms with van der Waals surface area (Å²) >= 11 is 0. The molecule has 2 heteroatoms. The number of hydrogen-bond acceptors (Lipinski definition) is 1. The van der Waals surface area contributed by atoms with Crippen molar-refractivity contribution in [3.05, 3.63) is 0 Å². The Bertz CT molecular complexity index is 110. The average molecular weight is 224 g/mol. The van der Waals surface area contributed by atoms with Crippen molar-refractivity contribution in [3.63, 3.8) is 0 Å². The first-order valence-electron chi connectivity index (χ1n) is 5.85. The number of unbranched alkanes of at least 4 members (excludes halogenated alkanes) is 9. The molecule has 0 aliphatic rings. The van der Waals surface area contributed by atoms with Gasteiger partial charge in [-0.05, 0) is 6.42 Å². The second-order valence-corrected chi connectivity index (χ2v) is 3.78. The van der Waals surface area contributed by atoms with E-state index in [4.69, 9.17) is 0 Å². The summed E-state index contributed by atoms with van der Waals surface area (Å²) in [5.74, 6) is 0. The van der Waals surface area contributed by atoms with E-state index in [9.17, 15) is 4.79 Å². The molecule has 0 aromatic rings. The van der Waals surface area contributed by atoms with Crippen molar-refractivity contribution in [1.82, 2.24) is 0 Å². The third-order valence-electron chi connectivity index (χ3n) is 2.43. The van der Waals surface area contributed by atoms with Gasteiger partial charge in [-0.2, -0.15) is 0 Å². The molecular weight excluding hydrogens is 199 g/mol. The van der Waals surface area contributed by atoms with Gasteiger partial charge >= 0.3 is 51.4 Å². The molecule has 0 aromatic carbocycles. The second-order valence-electron chi connectivity index (χ2n) is 3.78. The molecule has 1 nitrogen and oxygen atoms in total. The van der Waals surface area contributed by atoms with Gasteiger partial charge in [-0.15, -0.1) is 0 Å². The van der Waals surface area contributed by atoms with Gasteiger partial charge in [0.1, 0.15) is 6.29 Å². The molecule has 0 amide bonds. The zero-order chi connectivity index (χ0) is 9.78. The average Bonchev–Trinajstić information content (AvgIpc) is 2.16. The number of hydrogen-bond donors (Lipinski definition) is 0. The van der Waals surface area contributed by atoms with E-state index in [0.717, 1.165) is 19.1 Å². The minimum atomic E-state index is 0. The molecule has 80 valence electrons. The van der Waals surface area contributed by atoms with E-state index in [1.165, 1.54) is 51.4 Å². The monoisotopic (exact) mass is 224 g/mol. The molecule has 0 N–H and O–H groups in total. The standard InChI is InChI=1S/C12H24O.K.H/c1-2-3-4-5-6-7-8-9-10-11-12-13;;/h12H,2-11H2,1H3;;/q;+1;-1. The van der Waals surface area contributed by atoms with Crippen LogP contribution in [0.15, 0.2) is 0 Å². The van der Waals surface area contributed by atoms with Gasteiger partial charge in [0, 0.05) is 6.42 Å². The van der Waals surface area contributed by atoms with Crippen molar-refractivity contribution in [2.75, 3.05) is 0 Å². The molecule has 0 aliphatic heterocycles. The van der Waals surface area contributed by atoms with Crippen LogP contribution in [0.2, 0.25) is 0 Å². The Morgan fingerprint density at radius 2 is 1.29 bits per heavy atom. The SMILES string of the molecule is CCCCCCCCCCCC=O.[H-].[K+]. The Balaban J connectivity index is -0.000000720. The van der Waals surface area contributed by atoms with Crippen LogP contribution >= 0.6 is 0 Å². The maximum atomic E-state index is 10.0. The van der Waals surface area contributed by atoms with Crippen molar-refractivity contribution in [2.24, 2.45) is 0 Å². The summed E-state index contributed by atoms with van der Waals surface area (Å²) in [5, 5.41) is 0. The van der Waals surface area contributed by atoms with Gasteiger partial charge in [0.25, 0.3) is 0 Å². The third-order valence-corrected chi connectivity index (χ3v) is 2.43. The smallest absolute Gasteiger partial charge is 1.00 e.